The molecule has 6 heteroatoms. The number of fused-ring (bicyclic) bond motifs is 1. The Bertz CT molecular complexity index is 903. The van der Waals surface area contributed by atoms with Gasteiger partial charge in [0.1, 0.15) is 10.7 Å². The Morgan fingerprint density at radius 3 is 2.63 bits per heavy atom. The van der Waals surface area contributed by atoms with E-state index in [-0.39, 0.29) is 0 Å². The van der Waals surface area contributed by atoms with Crippen LogP contribution in [-0.4, -0.2) is 42.1 Å². The molecule has 0 spiro atoms. The van der Waals surface area contributed by atoms with Crippen molar-refractivity contribution in [2.24, 2.45) is 5.92 Å². The van der Waals surface area contributed by atoms with Crippen LogP contribution in [-0.2, 0) is 11.4 Å². The van der Waals surface area contributed by atoms with Gasteiger partial charge >= 0.3 is 0 Å². The number of aromatic nitrogens is 2. The molecule has 0 radical (unpaired) electrons. The van der Waals surface area contributed by atoms with Crippen LogP contribution in [0.15, 0.2) is 35.7 Å². The third-order valence-electron chi connectivity index (χ3n) is 5.36. The first-order chi connectivity index (χ1) is 13.2. The molecule has 2 aromatic heterocycles. The lowest BCUT2D eigenvalue weighted by Gasteiger charge is -2.29. The molecular weight excluding hydrogens is 356 g/mol. The Morgan fingerprint density at radius 2 is 1.93 bits per heavy atom. The third kappa shape index (κ3) is 3.83. The average Bonchev–Trinajstić information content (AvgIpc) is 3.13. The van der Waals surface area contributed by atoms with Gasteiger partial charge in [0.15, 0.2) is 5.82 Å². The smallest absolute Gasteiger partial charge is 0.165 e. The van der Waals surface area contributed by atoms with Crippen LogP contribution in [0.25, 0.3) is 21.3 Å². The molecule has 1 aromatic carbocycles. The highest BCUT2D eigenvalue weighted by Gasteiger charge is 2.21. The predicted molar refractivity (Wildman–Crippen MR) is 112 cm³/mol. The summed E-state index contributed by atoms with van der Waals surface area (Å²) in [4.78, 5) is 18.8. The molecule has 0 bridgehead atoms. The van der Waals surface area contributed by atoms with Crippen LogP contribution >= 0.6 is 11.3 Å². The maximum Gasteiger partial charge on any atom is 0.165 e. The highest BCUT2D eigenvalue weighted by atomic mass is 32.1. The number of piperidine rings is 1. The first-order valence-electron chi connectivity index (χ1n) is 9.49. The summed E-state index contributed by atoms with van der Waals surface area (Å²) in [5.74, 6) is 2.53. The summed E-state index contributed by atoms with van der Waals surface area (Å²) >= 11 is 1.68. The van der Waals surface area contributed by atoms with E-state index in [9.17, 15) is 0 Å². The Balaban J connectivity index is 1.73. The normalized spacial score (nSPS) is 16.1. The molecule has 142 valence electrons. The molecule has 0 N–H and O–H groups in total. The van der Waals surface area contributed by atoms with Gasteiger partial charge in [0.05, 0.1) is 19.0 Å². The van der Waals surface area contributed by atoms with Crippen molar-refractivity contribution >= 4 is 27.4 Å². The second-order valence-electron chi connectivity index (χ2n) is 7.30. The lowest BCUT2D eigenvalue weighted by molar-refractivity contribution is 0.177. The Labute approximate surface area is 164 Å². The number of hydrogen-bond donors (Lipinski definition) is 0. The van der Waals surface area contributed by atoms with E-state index < -0.39 is 0 Å². The summed E-state index contributed by atoms with van der Waals surface area (Å²) in [6.07, 6.45) is 2.51. The highest BCUT2D eigenvalue weighted by molar-refractivity contribution is 7.17. The number of rotatable bonds is 5. The molecule has 3 heterocycles. The van der Waals surface area contributed by atoms with Crippen LogP contribution < -0.4 is 5.06 Å². The molecule has 1 fully saturated rings. The Morgan fingerprint density at radius 1 is 1.19 bits per heavy atom. The number of nitrogens with zero attached hydrogens (tertiary/aromatic N) is 4. The topological polar surface area (TPSA) is 41.5 Å². The molecule has 0 atom stereocenters. The van der Waals surface area contributed by atoms with Gasteiger partial charge in [-0.25, -0.2) is 15.0 Å². The summed E-state index contributed by atoms with van der Waals surface area (Å²) in [6, 6.07) is 10.4. The quantitative estimate of drug-likeness (QED) is 0.604. The van der Waals surface area contributed by atoms with Crippen molar-refractivity contribution in [2.75, 3.05) is 32.3 Å². The van der Waals surface area contributed by atoms with Gasteiger partial charge in [0.25, 0.3) is 0 Å². The predicted octanol–water partition coefficient (Wildman–Crippen LogP) is 4.59. The van der Waals surface area contributed by atoms with Gasteiger partial charge in [-0.3, -0.25) is 9.74 Å². The largest absolute Gasteiger partial charge is 0.296 e. The first-order valence-corrected chi connectivity index (χ1v) is 10.4. The van der Waals surface area contributed by atoms with Crippen molar-refractivity contribution in [1.29, 1.82) is 0 Å². The molecule has 1 aliphatic heterocycles. The van der Waals surface area contributed by atoms with Crippen molar-refractivity contribution in [2.45, 2.75) is 26.3 Å². The second-order valence-corrected chi connectivity index (χ2v) is 8.16. The number of hydrogen-bond acceptors (Lipinski definition) is 6. The fraction of sp³-hybridized carbons (Fsp3) is 0.429. The van der Waals surface area contributed by atoms with Gasteiger partial charge in [-0.15, -0.1) is 11.3 Å². The van der Waals surface area contributed by atoms with E-state index in [1.807, 2.05) is 13.1 Å². The van der Waals surface area contributed by atoms with Gasteiger partial charge in [-0.2, -0.15) is 0 Å². The zero-order valence-corrected chi connectivity index (χ0v) is 17.0. The van der Waals surface area contributed by atoms with Crippen molar-refractivity contribution in [3.8, 4) is 11.1 Å². The maximum atomic E-state index is 5.50. The van der Waals surface area contributed by atoms with Gasteiger partial charge < -0.3 is 0 Å². The minimum absolute atomic E-state index is 0.797. The minimum Gasteiger partial charge on any atom is -0.296 e. The molecule has 27 heavy (non-hydrogen) atoms. The fourth-order valence-corrected chi connectivity index (χ4v) is 4.56. The zero-order chi connectivity index (χ0) is 18.8. The number of anilines is 1. The molecule has 3 aromatic rings. The molecule has 4 rings (SSSR count). The zero-order valence-electron chi connectivity index (χ0n) is 16.2. The Kier molecular flexibility index (Phi) is 5.38. The number of benzene rings is 1. The van der Waals surface area contributed by atoms with E-state index in [1.165, 1.54) is 18.4 Å². The van der Waals surface area contributed by atoms with Crippen molar-refractivity contribution in [3.63, 3.8) is 0 Å². The molecular formula is C21H26N4OS. The molecule has 0 amide bonds. The van der Waals surface area contributed by atoms with Crippen molar-refractivity contribution < 1.29 is 4.84 Å². The summed E-state index contributed by atoms with van der Waals surface area (Å²) in [5.41, 5.74) is 2.34. The lowest BCUT2D eigenvalue weighted by atomic mass is 9.99. The van der Waals surface area contributed by atoms with Crippen LogP contribution in [0.4, 0.5) is 5.82 Å². The van der Waals surface area contributed by atoms with E-state index in [1.54, 1.807) is 23.5 Å². The van der Waals surface area contributed by atoms with Crippen LogP contribution in [0.5, 0.6) is 0 Å². The monoisotopic (exact) mass is 382 g/mol. The van der Waals surface area contributed by atoms with E-state index in [2.05, 4.69) is 41.5 Å². The Hall–Kier alpha value is -2.02. The fourth-order valence-electron chi connectivity index (χ4n) is 3.60. The minimum atomic E-state index is 0.797. The summed E-state index contributed by atoms with van der Waals surface area (Å²) in [5, 5.41) is 4.98. The van der Waals surface area contributed by atoms with Crippen LogP contribution in [0, 0.1) is 5.92 Å². The van der Waals surface area contributed by atoms with Gasteiger partial charge in [-0.05, 0) is 37.4 Å². The van der Waals surface area contributed by atoms with E-state index >= 15 is 0 Å². The summed E-state index contributed by atoms with van der Waals surface area (Å²) < 4.78 is 0. The highest BCUT2D eigenvalue weighted by Crippen LogP contribution is 2.38. The molecule has 0 aliphatic carbocycles. The van der Waals surface area contributed by atoms with E-state index in [0.29, 0.717) is 0 Å². The molecule has 5 nitrogen and oxygen atoms in total. The summed E-state index contributed by atoms with van der Waals surface area (Å²) in [6.45, 7) is 5.38. The van der Waals surface area contributed by atoms with Crippen molar-refractivity contribution in [3.05, 3.63) is 41.5 Å². The van der Waals surface area contributed by atoms with Gasteiger partial charge in [0.2, 0.25) is 0 Å². The third-order valence-corrected chi connectivity index (χ3v) is 6.23. The standard InChI is InChI=1S/C21H26N4OS/c1-15-9-11-25(12-10-15)13-18-22-20(24(2)26-3)19-17(14-27-21(19)23-18)16-7-5-4-6-8-16/h4-8,14-15H,9-13H2,1-3H3. The molecule has 0 unspecified atom stereocenters. The van der Waals surface area contributed by atoms with E-state index in [4.69, 9.17) is 14.8 Å². The first kappa shape index (κ1) is 18.3. The second kappa shape index (κ2) is 7.92. The molecule has 0 saturated carbocycles. The van der Waals surface area contributed by atoms with Crippen molar-refractivity contribution in [1.82, 2.24) is 14.9 Å². The van der Waals surface area contributed by atoms with Crippen LogP contribution in [0.1, 0.15) is 25.6 Å². The maximum absolute atomic E-state index is 5.50. The van der Waals surface area contributed by atoms with Crippen LogP contribution in [0.3, 0.4) is 0 Å². The SMILES string of the molecule is CON(C)c1nc(CN2CCC(C)CC2)nc2scc(-c3ccccc3)c12. The lowest BCUT2D eigenvalue weighted by Crippen LogP contribution is -2.33. The number of thiophene rings is 1. The number of hydroxylamine groups is 1. The van der Waals surface area contributed by atoms with Gasteiger partial charge in [-0.1, -0.05) is 37.3 Å². The molecule has 1 aliphatic rings. The average molecular weight is 383 g/mol. The van der Waals surface area contributed by atoms with Crippen LogP contribution in [0.2, 0.25) is 0 Å². The molecule has 1 saturated heterocycles. The van der Waals surface area contributed by atoms with E-state index in [0.717, 1.165) is 53.0 Å². The van der Waals surface area contributed by atoms with Gasteiger partial charge in [0, 0.05) is 18.0 Å². The summed E-state index contributed by atoms with van der Waals surface area (Å²) in [7, 11) is 3.58. The number of likely N-dealkylation sites (tertiary alicyclic amines) is 1.